The maximum Gasteiger partial charge on any atom is 0.119 e. The molecular formula is C20H22N4OS. The molecule has 2 aliphatic rings. The van der Waals surface area contributed by atoms with Crippen LogP contribution in [0, 0.1) is 5.92 Å². The molecule has 0 amide bonds. The Balaban J connectivity index is 1.47. The van der Waals surface area contributed by atoms with Gasteiger partial charge in [0.05, 0.1) is 19.3 Å². The highest BCUT2D eigenvalue weighted by molar-refractivity contribution is 7.09. The Labute approximate surface area is 157 Å². The summed E-state index contributed by atoms with van der Waals surface area (Å²) in [6.45, 7) is 3.21. The lowest BCUT2D eigenvalue weighted by Gasteiger charge is -2.15. The van der Waals surface area contributed by atoms with Gasteiger partial charge in [0.15, 0.2) is 0 Å². The third-order valence-electron chi connectivity index (χ3n) is 5.74. The van der Waals surface area contributed by atoms with Crippen molar-refractivity contribution in [3.8, 4) is 17.0 Å². The average Bonchev–Trinajstić information content (AvgIpc) is 3.40. The molecular weight excluding hydrogens is 344 g/mol. The Hall–Kier alpha value is -2.18. The summed E-state index contributed by atoms with van der Waals surface area (Å²) in [7, 11) is 3.79. The lowest BCUT2D eigenvalue weighted by Crippen LogP contribution is -2.21. The molecule has 0 bridgehead atoms. The van der Waals surface area contributed by atoms with E-state index in [2.05, 4.69) is 39.1 Å². The number of nitrogens with zero attached hydrogens (tertiary/aromatic N) is 4. The summed E-state index contributed by atoms with van der Waals surface area (Å²) in [4.78, 5) is 7.01. The van der Waals surface area contributed by atoms with Crippen LogP contribution in [-0.4, -0.2) is 39.9 Å². The zero-order valence-electron chi connectivity index (χ0n) is 15.1. The molecule has 0 saturated carbocycles. The minimum Gasteiger partial charge on any atom is -0.497 e. The Morgan fingerprint density at radius 1 is 1.31 bits per heavy atom. The number of likely N-dealkylation sites (tertiary alicyclic amines) is 1. The molecule has 1 saturated heterocycles. The largest absolute Gasteiger partial charge is 0.497 e. The van der Waals surface area contributed by atoms with Crippen molar-refractivity contribution in [1.82, 2.24) is 19.7 Å². The zero-order valence-corrected chi connectivity index (χ0v) is 15.9. The van der Waals surface area contributed by atoms with Crippen molar-refractivity contribution in [3.63, 3.8) is 0 Å². The van der Waals surface area contributed by atoms with Gasteiger partial charge >= 0.3 is 0 Å². The summed E-state index contributed by atoms with van der Waals surface area (Å²) in [5.41, 5.74) is 5.14. The first-order valence-corrected chi connectivity index (χ1v) is 9.92. The van der Waals surface area contributed by atoms with E-state index in [0.717, 1.165) is 43.1 Å². The van der Waals surface area contributed by atoms with E-state index in [1.54, 1.807) is 18.4 Å². The number of hydrogen-bond acceptors (Lipinski definition) is 5. The van der Waals surface area contributed by atoms with Crippen molar-refractivity contribution in [2.24, 2.45) is 13.0 Å². The van der Waals surface area contributed by atoms with Crippen molar-refractivity contribution >= 4 is 11.3 Å². The molecule has 1 aliphatic heterocycles. The van der Waals surface area contributed by atoms with Crippen LogP contribution >= 0.6 is 11.3 Å². The Morgan fingerprint density at radius 2 is 2.23 bits per heavy atom. The average molecular weight is 366 g/mol. The molecule has 0 spiro atoms. The second-order valence-corrected chi connectivity index (χ2v) is 8.23. The number of aryl methyl sites for hydroxylation is 1. The molecule has 0 radical (unpaired) electrons. The lowest BCUT2D eigenvalue weighted by molar-refractivity contribution is 0.313. The molecule has 3 heterocycles. The first kappa shape index (κ1) is 16.0. The molecule has 2 aromatic heterocycles. The van der Waals surface area contributed by atoms with Gasteiger partial charge in [-0.3, -0.25) is 9.58 Å². The topological polar surface area (TPSA) is 43.2 Å². The van der Waals surface area contributed by atoms with Gasteiger partial charge in [-0.2, -0.15) is 5.10 Å². The monoisotopic (exact) mass is 366 g/mol. The van der Waals surface area contributed by atoms with E-state index < -0.39 is 0 Å². The third kappa shape index (κ3) is 2.56. The van der Waals surface area contributed by atoms with Gasteiger partial charge in [0.2, 0.25) is 0 Å². The summed E-state index contributed by atoms with van der Waals surface area (Å²) < 4.78 is 7.51. The van der Waals surface area contributed by atoms with Gasteiger partial charge in [0.1, 0.15) is 10.8 Å². The number of methoxy groups -OCH3 is 1. The number of hydrogen-bond donors (Lipinski definition) is 0. The SMILES string of the molecule is COc1cccc(-c2nn(C)c3c2[C@@H]2CN(Cc4nccs4)C[C@@H]2C3)c1. The van der Waals surface area contributed by atoms with Crippen LogP contribution in [0.25, 0.3) is 11.3 Å². The summed E-state index contributed by atoms with van der Waals surface area (Å²) >= 11 is 1.75. The number of ether oxygens (including phenoxy) is 1. The number of rotatable bonds is 4. The fraction of sp³-hybridized carbons (Fsp3) is 0.400. The van der Waals surface area contributed by atoms with Crippen LogP contribution in [-0.2, 0) is 20.0 Å². The van der Waals surface area contributed by atoms with Gasteiger partial charge < -0.3 is 4.74 Å². The van der Waals surface area contributed by atoms with E-state index >= 15 is 0 Å². The standard InChI is InChI=1S/C20H22N4OS/c1-23-17-9-14-10-24(12-18-21-6-7-26-18)11-16(14)19(17)20(22-23)13-4-3-5-15(8-13)25-2/h3-8,14,16H,9-12H2,1-2H3/t14-,16+/m0/s1. The van der Waals surface area contributed by atoms with Crippen LogP contribution in [0.15, 0.2) is 35.8 Å². The maximum absolute atomic E-state index is 5.42. The number of thiazole rings is 1. The van der Waals surface area contributed by atoms with Gasteiger partial charge in [-0.1, -0.05) is 12.1 Å². The second kappa shape index (κ2) is 6.21. The molecule has 26 heavy (non-hydrogen) atoms. The van der Waals surface area contributed by atoms with E-state index in [1.807, 2.05) is 18.3 Å². The van der Waals surface area contributed by atoms with Gasteiger partial charge in [0, 0.05) is 54.5 Å². The van der Waals surface area contributed by atoms with Crippen LogP contribution in [0.1, 0.15) is 22.2 Å². The Kier molecular flexibility index (Phi) is 3.83. The Morgan fingerprint density at radius 3 is 3.04 bits per heavy atom. The minimum atomic E-state index is 0.569. The fourth-order valence-corrected chi connectivity index (χ4v) is 5.24. The molecule has 1 aromatic carbocycles. The van der Waals surface area contributed by atoms with Gasteiger partial charge in [-0.15, -0.1) is 11.3 Å². The number of fused-ring (bicyclic) bond motifs is 3. The molecule has 5 rings (SSSR count). The zero-order chi connectivity index (χ0) is 17.7. The highest BCUT2D eigenvalue weighted by atomic mass is 32.1. The summed E-state index contributed by atoms with van der Waals surface area (Å²) in [6.07, 6.45) is 3.03. The predicted octanol–water partition coefficient (Wildman–Crippen LogP) is 3.32. The van der Waals surface area contributed by atoms with Crippen LogP contribution < -0.4 is 4.74 Å². The molecule has 0 unspecified atom stereocenters. The summed E-state index contributed by atoms with van der Waals surface area (Å²) in [5.74, 6) is 2.15. The predicted molar refractivity (Wildman–Crippen MR) is 103 cm³/mol. The van der Waals surface area contributed by atoms with Crippen LogP contribution in [0.2, 0.25) is 0 Å². The van der Waals surface area contributed by atoms with E-state index in [1.165, 1.54) is 16.3 Å². The van der Waals surface area contributed by atoms with E-state index in [9.17, 15) is 0 Å². The highest BCUT2D eigenvalue weighted by Crippen LogP contribution is 2.47. The first-order valence-electron chi connectivity index (χ1n) is 9.04. The molecule has 134 valence electrons. The molecule has 0 N–H and O–H groups in total. The van der Waals surface area contributed by atoms with Gasteiger partial charge in [0.25, 0.3) is 0 Å². The van der Waals surface area contributed by atoms with E-state index in [4.69, 9.17) is 9.84 Å². The first-order chi connectivity index (χ1) is 12.7. The van der Waals surface area contributed by atoms with Crippen molar-refractivity contribution in [3.05, 3.63) is 52.1 Å². The van der Waals surface area contributed by atoms with Crippen LogP contribution in [0.4, 0.5) is 0 Å². The molecule has 1 aliphatic carbocycles. The molecule has 3 aromatic rings. The maximum atomic E-state index is 5.42. The highest BCUT2D eigenvalue weighted by Gasteiger charge is 2.43. The third-order valence-corrected chi connectivity index (χ3v) is 6.50. The van der Waals surface area contributed by atoms with E-state index in [-0.39, 0.29) is 0 Å². The molecule has 6 heteroatoms. The quantitative estimate of drug-likeness (QED) is 0.710. The number of aromatic nitrogens is 3. The lowest BCUT2D eigenvalue weighted by atomic mass is 9.94. The molecule has 1 fully saturated rings. The summed E-state index contributed by atoms with van der Waals surface area (Å²) in [6, 6.07) is 8.27. The van der Waals surface area contributed by atoms with Crippen molar-refractivity contribution in [1.29, 1.82) is 0 Å². The van der Waals surface area contributed by atoms with Crippen molar-refractivity contribution in [2.45, 2.75) is 18.9 Å². The summed E-state index contributed by atoms with van der Waals surface area (Å²) in [5, 5.41) is 8.15. The molecule has 5 nitrogen and oxygen atoms in total. The molecule has 2 atom stereocenters. The normalized spacial score (nSPS) is 21.8. The van der Waals surface area contributed by atoms with Gasteiger partial charge in [-0.25, -0.2) is 4.98 Å². The Bertz CT molecular complexity index is 933. The van der Waals surface area contributed by atoms with Crippen LogP contribution in [0.3, 0.4) is 0 Å². The number of benzene rings is 1. The van der Waals surface area contributed by atoms with Crippen molar-refractivity contribution < 1.29 is 4.74 Å². The fourth-order valence-electron chi connectivity index (χ4n) is 4.58. The van der Waals surface area contributed by atoms with Crippen molar-refractivity contribution in [2.75, 3.05) is 20.2 Å². The van der Waals surface area contributed by atoms with E-state index in [0.29, 0.717) is 11.8 Å². The van der Waals surface area contributed by atoms with Crippen LogP contribution in [0.5, 0.6) is 5.75 Å². The second-order valence-electron chi connectivity index (χ2n) is 7.26. The smallest absolute Gasteiger partial charge is 0.119 e. The van der Waals surface area contributed by atoms with Gasteiger partial charge in [-0.05, 0) is 24.5 Å². The minimum absolute atomic E-state index is 0.569.